The first kappa shape index (κ1) is 5.10. The van der Waals surface area contributed by atoms with Gasteiger partial charge in [-0.05, 0) is 19.8 Å². The van der Waals surface area contributed by atoms with E-state index in [-0.39, 0.29) is 0 Å². The molecule has 2 unspecified atom stereocenters. The summed E-state index contributed by atoms with van der Waals surface area (Å²) in [4.78, 5) is 0. The van der Waals surface area contributed by atoms with Crippen LogP contribution in [0.1, 0.15) is 19.8 Å². The molecule has 1 aliphatic heterocycles. The zero-order valence-corrected chi connectivity index (χ0v) is 4.55. The zero-order valence-electron chi connectivity index (χ0n) is 4.55. The summed E-state index contributed by atoms with van der Waals surface area (Å²) in [5.41, 5.74) is 0. The van der Waals surface area contributed by atoms with Gasteiger partial charge in [0.05, 0.1) is 12.2 Å². The maximum Gasteiger partial charge on any atom is 0.0844 e. The minimum absolute atomic E-state index is 0.394. The maximum atomic E-state index is 5.27. The molecule has 0 saturated carbocycles. The first-order chi connectivity index (χ1) is 3.38. The van der Waals surface area contributed by atoms with Crippen LogP contribution < -0.4 is 0 Å². The lowest BCUT2D eigenvalue weighted by Gasteiger charge is -1.77. The van der Waals surface area contributed by atoms with Crippen molar-refractivity contribution in [3.63, 3.8) is 0 Å². The molecule has 1 heterocycles. The van der Waals surface area contributed by atoms with Crippen molar-refractivity contribution in [2.24, 2.45) is 0 Å². The highest BCUT2D eigenvalue weighted by Gasteiger charge is 2.34. The van der Waals surface area contributed by atoms with Crippen molar-refractivity contribution in [1.82, 2.24) is 0 Å². The quantitative estimate of drug-likeness (QED) is 0.474. The number of ether oxygens (including phenoxy) is 1. The van der Waals surface area contributed by atoms with Crippen molar-refractivity contribution in [2.45, 2.75) is 32.0 Å². The molecule has 2 atom stereocenters. The molecule has 40 valence electrons. The van der Waals surface area contributed by atoms with Gasteiger partial charge in [-0.1, -0.05) is 6.92 Å². The second-order valence-corrected chi connectivity index (χ2v) is 1.86. The van der Waals surface area contributed by atoms with Gasteiger partial charge in [-0.15, -0.1) is 0 Å². The molecule has 1 nitrogen and oxygen atoms in total. The van der Waals surface area contributed by atoms with Gasteiger partial charge in [0.25, 0.3) is 0 Å². The van der Waals surface area contributed by atoms with Gasteiger partial charge >= 0.3 is 0 Å². The van der Waals surface area contributed by atoms with Crippen molar-refractivity contribution >= 4 is 0 Å². The smallest absolute Gasteiger partial charge is 0.0844 e. The second kappa shape index (κ2) is 1.83. The summed E-state index contributed by atoms with van der Waals surface area (Å²) in [6.07, 6.45) is 2.69. The van der Waals surface area contributed by atoms with Crippen LogP contribution in [0.15, 0.2) is 0 Å². The van der Waals surface area contributed by atoms with Gasteiger partial charge < -0.3 is 4.74 Å². The van der Waals surface area contributed by atoms with E-state index >= 15 is 0 Å². The molecule has 7 heavy (non-hydrogen) atoms. The lowest BCUT2D eigenvalue weighted by atomic mass is 10.2. The van der Waals surface area contributed by atoms with E-state index in [4.69, 9.17) is 11.7 Å². The first-order valence-electron chi connectivity index (χ1n) is 2.74. The molecule has 1 saturated heterocycles. The highest BCUT2D eigenvalue weighted by Crippen LogP contribution is 2.26. The Hall–Kier alpha value is -0.0400. The van der Waals surface area contributed by atoms with Gasteiger partial charge in [0.2, 0.25) is 0 Å². The molecule has 0 spiro atoms. The third kappa shape index (κ3) is 0.942. The Morgan fingerprint density at radius 2 is 2.29 bits per heavy atom. The lowest BCUT2D eigenvalue weighted by molar-refractivity contribution is 0.367. The van der Waals surface area contributed by atoms with Crippen LogP contribution in [0.5, 0.6) is 0 Å². The summed E-state index contributed by atoms with van der Waals surface area (Å²) in [5, 5.41) is 0. The normalized spacial score (nSPS) is 38.6. The van der Waals surface area contributed by atoms with Crippen molar-refractivity contribution in [1.29, 1.82) is 0 Å². The average Bonchev–Trinajstić information content (AvgIpc) is 2.43. The van der Waals surface area contributed by atoms with Crippen LogP contribution in [-0.4, -0.2) is 12.2 Å². The van der Waals surface area contributed by atoms with Crippen molar-refractivity contribution in [2.75, 3.05) is 0 Å². The van der Waals surface area contributed by atoms with Crippen molar-refractivity contribution in [3.05, 3.63) is 6.92 Å². The van der Waals surface area contributed by atoms with E-state index in [0.717, 1.165) is 6.42 Å². The zero-order chi connectivity index (χ0) is 5.28. The predicted molar refractivity (Wildman–Crippen MR) is 27.9 cm³/mol. The largest absolute Gasteiger partial charge is 0.370 e. The van der Waals surface area contributed by atoms with Crippen molar-refractivity contribution in [3.8, 4) is 0 Å². The molecule has 0 aromatic carbocycles. The van der Waals surface area contributed by atoms with E-state index in [1.54, 1.807) is 0 Å². The Kier molecular flexibility index (Phi) is 1.33. The fraction of sp³-hybridized carbons (Fsp3) is 0.833. The molecule has 0 bridgehead atoms. The van der Waals surface area contributed by atoms with Crippen LogP contribution in [0.25, 0.3) is 0 Å². The summed E-state index contributed by atoms with van der Waals surface area (Å²) in [6, 6.07) is 0. The second-order valence-electron chi connectivity index (χ2n) is 1.86. The summed E-state index contributed by atoms with van der Waals surface area (Å²) in [6.45, 7) is 7.39. The van der Waals surface area contributed by atoms with E-state index in [1.165, 1.54) is 0 Å². The Balaban J connectivity index is 2.06. The third-order valence-electron chi connectivity index (χ3n) is 1.32. The van der Waals surface area contributed by atoms with Crippen LogP contribution in [0.4, 0.5) is 0 Å². The molecule has 1 aliphatic rings. The SMILES string of the molecule is [CH]CC1OC1CC. The fourth-order valence-electron chi connectivity index (χ4n) is 0.746. The molecule has 0 aromatic rings. The van der Waals surface area contributed by atoms with Crippen LogP contribution in [0, 0.1) is 6.92 Å². The Morgan fingerprint density at radius 1 is 1.57 bits per heavy atom. The lowest BCUT2D eigenvalue weighted by Crippen LogP contribution is -1.87. The van der Waals surface area contributed by atoms with Crippen molar-refractivity contribution < 1.29 is 4.74 Å². The van der Waals surface area contributed by atoms with Crippen LogP contribution in [-0.2, 0) is 4.74 Å². The molecule has 1 rings (SSSR count). The highest BCUT2D eigenvalue weighted by atomic mass is 16.6. The van der Waals surface area contributed by atoms with E-state index in [0.29, 0.717) is 18.6 Å². The van der Waals surface area contributed by atoms with E-state index in [1.807, 2.05) is 0 Å². The highest BCUT2D eigenvalue weighted by molar-refractivity contribution is 4.83. The van der Waals surface area contributed by atoms with E-state index < -0.39 is 0 Å². The van der Waals surface area contributed by atoms with E-state index in [2.05, 4.69) is 6.92 Å². The Bertz CT molecular complexity index is 53.2. The van der Waals surface area contributed by atoms with Gasteiger partial charge in [-0.2, -0.15) is 0 Å². The third-order valence-corrected chi connectivity index (χ3v) is 1.32. The Labute approximate surface area is 44.7 Å². The number of rotatable bonds is 2. The standard InChI is InChI=1S/C6H10O/c1-3-5-6(4-2)7-5/h1,5-6H,3-4H2,2H3. The van der Waals surface area contributed by atoms with Gasteiger partial charge in [0, 0.05) is 0 Å². The van der Waals surface area contributed by atoms with Gasteiger partial charge in [-0.3, -0.25) is 0 Å². The van der Waals surface area contributed by atoms with E-state index in [9.17, 15) is 0 Å². The van der Waals surface area contributed by atoms with Gasteiger partial charge in [0.1, 0.15) is 0 Å². The summed E-state index contributed by atoms with van der Waals surface area (Å²) < 4.78 is 5.09. The predicted octanol–water partition coefficient (Wildman–Crippen LogP) is 1.26. The molecular formula is C6H10O. The minimum Gasteiger partial charge on any atom is -0.370 e. The Morgan fingerprint density at radius 3 is 2.43 bits per heavy atom. The maximum absolute atomic E-state index is 5.27. The number of epoxide rings is 1. The molecule has 0 amide bonds. The molecule has 0 N–H and O–H groups in total. The average molecular weight is 98.1 g/mol. The summed E-state index contributed by atoms with van der Waals surface area (Å²) in [5.74, 6) is 0. The monoisotopic (exact) mass is 98.1 g/mol. The fourth-order valence-corrected chi connectivity index (χ4v) is 0.746. The van der Waals surface area contributed by atoms with Gasteiger partial charge in [-0.25, -0.2) is 0 Å². The number of hydrogen-bond donors (Lipinski definition) is 0. The molecule has 1 heteroatoms. The molecule has 0 aliphatic carbocycles. The molecule has 1 fully saturated rings. The summed E-state index contributed by atoms with van der Waals surface area (Å²) in [7, 11) is 0. The molecular weight excluding hydrogens is 88.1 g/mol. The molecule has 2 radical (unpaired) electrons. The topological polar surface area (TPSA) is 12.5 Å². The van der Waals surface area contributed by atoms with Crippen LogP contribution >= 0.6 is 0 Å². The summed E-state index contributed by atoms with van der Waals surface area (Å²) >= 11 is 0. The first-order valence-corrected chi connectivity index (χ1v) is 2.74. The van der Waals surface area contributed by atoms with Gasteiger partial charge in [0.15, 0.2) is 0 Å². The number of hydrogen-bond acceptors (Lipinski definition) is 1. The minimum atomic E-state index is 0.394. The molecule has 0 aromatic heterocycles. The van der Waals surface area contributed by atoms with Crippen LogP contribution in [0.2, 0.25) is 0 Å². The van der Waals surface area contributed by atoms with Crippen LogP contribution in [0.3, 0.4) is 0 Å².